The molecule has 17 heavy (non-hydrogen) atoms. The average Bonchev–Trinajstić information content (AvgIpc) is 2.84. The van der Waals surface area contributed by atoms with Gasteiger partial charge >= 0.3 is 0 Å². The van der Waals surface area contributed by atoms with Gasteiger partial charge < -0.3 is 14.8 Å². The summed E-state index contributed by atoms with van der Waals surface area (Å²) in [4.78, 5) is 0. The molecule has 1 aromatic rings. The van der Waals surface area contributed by atoms with Crippen molar-refractivity contribution in [3.63, 3.8) is 0 Å². The second-order valence-corrected chi connectivity index (χ2v) is 4.66. The van der Waals surface area contributed by atoms with Crippen LogP contribution in [0, 0.1) is 0 Å². The van der Waals surface area contributed by atoms with Crippen molar-refractivity contribution in [3.8, 4) is 5.75 Å². The molecule has 3 nitrogen and oxygen atoms in total. The smallest absolute Gasteiger partial charge is 0.124 e. The van der Waals surface area contributed by atoms with Crippen LogP contribution >= 0.6 is 11.6 Å². The zero-order valence-corrected chi connectivity index (χ0v) is 10.8. The van der Waals surface area contributed by atoms with E-state index in [-0.39, 0.29) is 0 Å². The maximum absolute atomic E-state index is 5.91. The molecule has 1 fully saturated rings. The number of hydrogen-bond acceptors (Lipinski definition) is 3. The predicted octanol–water partition coefficient (Wildman–Crippen LogP) is 2.62. The van der Waals surface area contributed by atoms with E-state index in [4.69, 9.17) is 21.1 Å². The number of halogens is 1. The lowest BCUT2D eigenvalue weighted by Crippen LogP contribution is -2.25. The third-order valence-electron chi connectivity index (χ3n) is 2.96. The molecule has 1 aliphatic heterocycles. The Morgan fingerprint density at radius 2 is 2.41 bits per heavy atom. The average molecular weight is 256 g/mol. The van der Waals surface area contributed by atoms with Crippen molar-refractivity contribution < 1.29 is 9.47 Å². The molecule has 1 unspecified atom stereocenters. The van der Waals surface area contributed by atoms with Crippen LogP contribution in [-0.2, 0) is 11.3 Å². The first-order valence-corrected chi connectivity index (χ1v) is 6.32. The van der Waals surface area contributed by atoms with Crippen molar-refractivity contribution in [1.29, 1.82) is 0 Å². The lowest BCUT2D eigenvalue weighted by Gasteiger charge is -2.13. The molecule has 0 saturated carbocycles. The number of ether oxygens (including phenoxy) is 2. The number of methoxy groups -OCH3 is 1. The van der Waals surface area contributed by atoms with Crippen molar-refractivity contribution >= 4 is 11.6 Å². The van der Waals surface area contributed by atoms with Crippen LogP contribution in [0.25, 0.3) is 0 Å². The molecule has 0 aliphatic carbocycles. The van der Waals surface area contributed by atoms with Gasteiger partial charge in [0.15, 0.2) is 0 Å². The second kappa shape index (κ2) is 6.24. The Bertz CT molecular complexity index is 364. The number of hydrogen-bond donors (Lipinski definition) is 1. The molecule has 0 radical (unpaired) electrons. The van der Waals surface area contributed by atoms with Crippen molar-refractivity contribution in [2.24, 2.45) is 0 Å². The Balaban J connectivity index is 1.85. The Labute approximate surface area is 107 Å². The maximum atomic E-state index is 5.91. The van der Waals surface area contributed by atoms with E-state index in [1.54, 1.807) is 7.11 Å². The van der Waals surface area contributed by atoms with Gasteiger partial charge in [0, 0.05) is 30.3 Å². The molecule has 1 aliphatic rings. The standard InChI is InChI=1S/C13H18ClNO2/c1-16-13-7-11(14)5-4-10(13)8-15-9-12-3-2-6-17-12/h4-5,7,12,15H,2-3,6,8-9H2,1H3. The van der Waals surface area contributed by atoms with E-state index >= 15 is 0 Å². The van der Waals surface area contributed by atoms with Gasteiger partial charge in [0.2, 0.25) is 0 Å². The van der Waals surface area contributed by atoms with Crippen LogP contribution in [0.4, 0.5) is 0 Å². The summed E-state index contributed by atoms with van der Waals surface area (Å²) in [7, 11) is 1.66. The molecule has 1 aromatic carbocycles. The summed E-state index contributed by atoms with van der Waals surface area (Å²) >= 11 is 5.91. The van der Waals surface area contributed by atoms with Crippen LogP contribution in [-0.4, -0.2) is 26.4 Å². The van der Waals surface area contributed by atoms with Crippen molar-refractivity contribution in [3.05, 3.63) is 28.8 Å². The molecule has 0 bridgehead atoms. The zero-order chi connectivity index (χ0) is 12.1. The molecular weight excluding hydrogens is 238 g/mol. The third kappa shape index (κ3) is 3.60. The van der Waals surface area contributed by atoms with Gasteiger partial charge in [-0.2, -0.15) is 0 Å². The molecule has 4 heteroatoms. The first kappa shape index (κ1) is 12.7. The summed E-state index contributed by atoms with van der Waals surface area (Å²) < 4.78 is 10.8. The minimum absolute atomic E-state index is 0.369. The van der Waals surface area contributed by atoms with Gasteiger partial charge in [-0.05, 0) is 25.0 Å². The lowest BCUT2D eigenvalue weighted by molar-refractivity contribution is 0.110. The van der Waals surface area contributed by atoms with E-state index in [0.29, 0.717) is 11.1 Å². The van der Waals surface area contributed by atoms with Gasteiger partial charge in [0.1, 0.15) is 5.75 Å². The van der Waals surface area contributed by atoms with Gasteiger partial charge in [-0.1, -0.05) is 17.7 Å². The van der Waals surface area contributed by atoms with E-state index in [9.17, 15) is 0 Å². The molecule has 1 atom stereocenters. The quantitative estimate of drug-likeness (QED) is 0.877. The number of nitrogens with one attached hydrogen (secondary N) is 1. The maximum Gasteiger partial charge on any atom is 0.124 e. The second-order valence-electron chi connectivity index (χ2n) is 4.22. The van der Waals surface area contributed by atoms with Crippen molar-refractivity contribution in [2.75, 3.05) is 20.3 Å². The van der Waals surface area contributed by atoms with Crippen molar-refractivity contribution in [1.82, 2.24) is 5.32 Å². The number of rotatable bonds is 5. The lowest BCUT2D eigenvalue weighted by atomic mass is 10.2. The summed E-state index contributed by atoms with van der Waals surface area (Å²) in [6, 6.07) is 5.71. The normalized spacial score (nSPS) is 19.5. The summed E-state index contributed by atoms with van der Waals surface area (Å²) in [5.41, 5.74) is 1.12. The highest BCUT2D eigenvalue weighted by Crippen LogP contribution is 2.23. The molecule has 0 spiro atoms. The molecule has 1 N–H and O–H groups in total. The monoisotopic (exact) mass is 255 g/mol. The van der Waals surface area contributed by atoms with E-state index < -0.39 is 0 Å². The molecule has 2 rings (SSSR count). The summed E-state index contributed by atoms with van der Waals surface area (Å²) in [5.74, 6) is 0.831. The first-order chi connectivity index (χ1) is 8.29. The molecule has 0 aromatic heterocycles. The largest absolute Gasteiger partial charge is 0.496 e. The highest BCUT2D eigenvalue weighted by Gasteiger charge is 2.14. The van der Waals surface area contributed by atoms with E-state index in [1.807, 2.05) is 18.2 Å². The third-order valence-corrected chi connectivity index (χ3v) is 3.20. The fourth-order valence-corrected chi connectivity index (χ4v) is 2.20. The Morgan fingerprint density at radius 3 is 3.12 bits per heavy atom. The molecule has 1 heterocycles. The topological polar surface area (TPSA) is 30.5 Å². The van der Waals surface area contributed by atoms with Gasteiger partial charge in [-0.3, -0.25) is 0 Å². The summed E-state index contributed by atoms with van der Waals surface area (Å²) in [5, 5.41) is 4.09. The highest BCUT2D eigenvalue weighted by atomic mass is 35.5. The van der Waals surface area contributed by atoms with Crippen LogP contribution in [0.15, 0.2) is 18.2 Å². The summed E-state index contributed by atoms with van der Waals surface area (Å²) in [6.07, 6.45) is 2.70. The number of benzene rings is 1. The van der Waals surface area contributed by atoms with Crippen LogP contribution in [0.2, 0.25) is 5.02 Å². The van der Waals surface area contributed by atoms with Gasteiger partial charge in [-0.25, -0.2) is 0 Å². The Kier molecular flexibility index (Phi) is 4.66. The SMILES string of the molecule is COc1cc(Cl)ccc1CNCC1CCCO1. The van der Waals surface area contributed by atoms with E-state index in [2.05, 4.69) is 5.32 Å². The summed E-state index contributed by atoms with van der Waals surface area (Å²) in [6.45, 7) is 2.57. The van der Waals surface area contributed by atoms with E-state index in [0.717, 1.165) is 37.4 Å². The van der Waals surface area contributed by atoms with Crippen LogP contribution in [0.5, 0.6) is 5.75 Å². The Hall–Kier alpha value is -0.770. The van der Waals surface area contributed by atoms with Gasteiger partial charge in [0.05, 0.1) is 13.2 Å². The Morgan fingerprint density at radius 1 is 1.53 bits per heavy atom. The van der Waals surface area contributed by atoms with Gasteiger partial charge in [0.25, 0.3) is 0 Å². The minimum atomic E-state index is 0.369. The molecule has 94 valence electrons. The molecule has 0 amide bonds. The van der Waals surface area contributed by atoms with Crippen molar-refractivity contribution in [2.45, 2.75) is 25.5 Å². The molecular formula is C13H18ClNO2. The van der Waals surface area contributed by atoms with E-state index in [1.165, 1.54) is 6.42 Å². The first-order valence-electron chi connectivity index (χ1n) is 5.94. The van der Waals surface area contributed by atoms with Gasteiger partial charge in [-0.15, -0.1) is 0 Å². The molecule has 1 saturated heterocycles. The highest BCUT2D eigenvalue weighted by molar-refractivity contribution is 6.30. The predicted molar refractivity (Wildman–Crippen MR) is 68.7 cm³/mol. The zero-order valence-electron chi connectivity index (χ0n) is 10.0. The minimum Gasteiger partial charge on any atom is -0.496 e. The van der Waals surface area contributed by atoms with Crippen LogP contribution < -0.4 is 10.1 Å². The van der Waals surface area contributed by atoms with Crippen LogP contribution in [0.1, 0.15) is 18.4 Å². The fraction of sp³-hybridized carbons (Fsp3) is 0.538. The van der Waals surface area contributed by atoms with Crippen LogP contribution in [0.3, 0.4) is 0 Å². The fourth-order valence-electron chi connectivity index (χ4n) is 2.04.